The molecule has 0 aliphatic carbocycles. The molecule has 2 N–H and O–H groups in total. The molecule has 0 saturated carbocycles. The molecule has 1 aromatic heterocycles. The fourth-order valence-electron chi connectivity index (χ4n) is 4.66. The smallest absolute Gasteiger partial charge is 0.271 e. The molecule has 14 heteroatoms. The van der Waals surface area contributed by atoms with Gasteiger partial charge in [0.1, 0.15) is 17.3 Å². The Morgan fingerprint density at radius 2 is 1.68 bits per heavy atom. The number of β-amino-alcohol motifs (C(OH)–C–C–N with tert-alkyl or cyclic N) is 1. The molecule has 0 spiro atoms. The highest BCUT2D eigenvalue weighted by molar-refractivity contribution is 6.43. The molecule has 1 amide bonds. The number of aliphatic hydroxyl groups is 1. The zero-order chi connectivity index (χ0) is 26.5. The summed E-state index contributed by atoms with van der Waals surface area (Å²) < 4.78 is 15.3. The maximum atomic E-state index is 13.4. The van der Waals surface area contributed by atoms with Crippen LogP contribution in [0.5, 0.6) is 0 Å². The van der Waals surface area contributed by atoms with Crippen molar-refractivity contribution < 1.29 is 14.3 Å². The molecular weight excluding hydrogens is 658 g/mol. The molecule has 230 valence electrons. The molecule has 2 heterocycles. The van der Waals surface area contributed by atoms with Crippen LogP contribution in [-0.2, 0) is 6.42 Å². The average molecular weight is 694 g/mol. The maximum absolute atomic E-state index is 13.4. The van der Waals surface area contributed by atoms with Gasteiger partial charge in [-0.15, -0.1) is 49.6 Å². The highest BCUT2D eigenvalue weighted by atomic mass is 35.5. The Morgan fingerprint density at radius 3 is 2.29 bits per heavy atom. The summed E-state index contributed by atoms with van der Waals surface area (Å²) in [5.74, 6) is 0.0883. The van der Waals surface area contributed by atoms with Gasteiger partial charge < -0.3 is 19.9 Å². The van der Waals surface area contributed by atoms with E-state index in [2.05, 4.69) is 20.1 Å². The van der Waals surface area contributed by atoms with E-state index in [1.807, 2.05) is 30.5 Å². The lowest BCUT2D eigenvalue weighted by atomic mass is 10.2. The highest BCUT2D eigenvalue weighted by Gasteiger charge is 2.23. The monoisotopic (exact) mass is 691 g/mol. The number of carbonyl (C=O) groups excluding carboxylic acids is 1. The lowest BCUT2D eigenvalue weighted by molar-refractivity contribution is 0.0847. The molecule has 1 saturated heterocycles. The summed E-state index contributed by atoms with van der Waals surface area (Å²) in [5.41, 5.74) is 2.66. The van der Waals surface area contributed by atoms with Crippen LogP contribution in [0, 0.1) is 12.7 Å². The van der Waals surface area contributed by atoms with E-state index in [4.69, 9.17) is 23.2 Å². The third kappa shape index (κ3) is 9.76. The minimum atomic E-state index is -0.722. The first-order valence-electron chi connectivity index (χ1n) is 12.5. The number of aryl methyl sites for hydroxylation is 1. The molecule has 7 nitrogen and oxygen atoms in total. The van der Waals surface area contributed by atoms with Gasteiger partial charge in [-0.25, -0.2) is 9.37 Å². The second kappa shape index (κ2) is 18.2. The summed E-state index contributed by atoms with van der Waals surface area (Å²) in [6.45, 7) is 7.47. The van der Waals surface area contributed by atoms with Gasteiger partial charge in [-0.3, -0.25) is 9.69 Å². The van der Waals surface area contributed by atoms with E-state index in [-0.39, 0.29) is 67.9 Å². The van der Waals surface area contributed by atoms with Crippen molar-refractivity contribution in [2.75, 3.05) is 44.2 Å². The van der Waals surface area contributed by atoms with Gasteiger partial charge in [0.05, 0.1) is 27.5 Å². The summed E-state index contributed by atoms with van der Waals surface area (Å²) in [5, 5.41) is 14.5. The van der Waals surface area contributed by atoms with E-state index in [0.717, 1.165) is 49.8 Å². The van der Waals surface area contributed by atoms with Crippen LogP contribution < -0.4 is 10.2 Å². The minimum Gasteiger partial charge on any atom is -0.390 e. The number of carbonyl (C=O) groups is 1. The Morgan fingerprint density at radius 1 is 1.05 bits per heavy atom. The first kappa shape index (κ1) is 39.5. The van der Waals surface area contributed by atoms with Crippen molar-refractivity contribution in [3.63, 3.8) is 0 Å². The van der Waals surface area contributed by atoms with Gasteiger partial charge in [0, 0.05) is 51.4 Å². The van der Waals surface area contributed by atoms with Crippen LogP contribution in [0.25, 0.3) is 5.69 Å². The molecule has 2 aromatic carbocycles. The molecular formula is C27H36Cl6FN5O2. The number of aliphatic hydroxyl groups excluding tert-OH is 1. The molecule has 1 fully saturated rings. The highest BCUT2D eigenvalue weighted by Crippen LogP contribution is 2.32. The molecule has 1 aliphatic rings. The van der Waals surface area contributed by atoms with Crippen LogP contribution in [0.15, 0.2) is 42.5 Å². The zero-order valence-corrected chi connectivity index (χ0v) is 27.5. The number of amides is 1. The van der Waals surface area contributed by atoms with Crippen molar-refractivity contribution in [1.29, 1.82) is 0 Å². The standard InChI is InChI=1S/C27H32Cl2FN5O2.4ClH/c1-3-5-24-32-26(18(2)35(24)20-10-8-19(30)9-11-20)27(37)31-16-21(36)17-33-12-14-34(15-13-33)23-7-4-6-22(28)25(23)29;;;;/h4,6-11,21,36H,3,5,12-17H2,1-2H3,(H,31,37);4*1H. The van der Waals surface area contributed by atoms with E-state index in [0.29, 0.717) is 34.4 Å². The van der Waals surface area contributed by atoms with Gasteiger partial charge >= 0.3 is 0 Å². The number of imidazole rings is 1. The van der Waals surface area contributed by atoms with E-state index in [1.54, 1.807) is 18.2 Å². The lowest BCUT2D eigenvalue weighted by Gasteiger charge is -2.37. The predicted octanol–water partition coefficient (Wildman–Crippen LogP) is 6.18. The fourth-order valence-corrected chi connectivity index (χ4v) is 5.08. The van der Waals surface area contributed by atoms with E-state index in [1.165, 1.54) is 12.1 Å². The Balaban J connectivity index is 0.00000400. The van der Waals surface area contributed by atoms with Crippen LogP contribution in [-0.4, -0.2) is 70.8 Å². The van der Waals surface area contributed by atoms with Gasteiger partial charge in [-0.05, 0) is 49.7 Å². The first-order valence-corrected chi connectivity index (χ1v) is 13.3. The second-order valence-corrected chi connectivity index (χ2v) is 10.0. The Labute approximate surface area is 275 Å². The topological polar surface area (TPSA) is 73.6 Å². The van der Waals surface area contributed by atoms with Crippen LogP contribution in [0.4, 0.5) is 10.1 Å². The van der Waals surface area contributed by atoms with Crippen molar-refractivity contribution in [3.8, 4) is 5.69 Å². The molecule has 1 aliphatic heterocycles. The summed E-state index contributed by atoms with van der Waals surface area (Å²) in [6.07, 6.45) is 0.814. The summed E-state index contributed by atoms with van der Waals surface area (Å²) in [6, 6.07) is 11.8. The number of nitrogens with one attached hydrogen (secondary N) is 1. The van der Waals surface area contributed by atoms with E-state index in [9.17, 15) is 14.3 Å². The van der Waals surface area contributed by atoms with Crippen molar-refractivity contribution in [2.45, 2.75) is 32.8 Å². The molecule has 41 heavy (non-hydrogen) atoms. The zero-order valence-electron chi connectivity index (χ0n) is 22.7. The number of rotatable bonds is 9. The Hall–Kier alpha value is -1.49. The number of halogens is 7. The lowest BCUT2D eigenvalue weighted by Crippen LogP contribution is -2.50. The number of anilines is 1. The van der Waals surface area contributed by atoms with Crippen LogP contribution in [0.2, 0.25) is 10.0 Å². The molecule has 1 atom stereocenters. The van der Waals surface area contributed by atoms with Gasteiger partial charge in [0.2, 0.25) is 0 Å². The van der Waals surface area contributed by atoms with Crippen LogP contribution >= 0.6 is 72.8 Å². The third-order valence-electron chi connectivity index (χ3n) is 6.56. The normalized spacial score (nSPS) is 13.7. The molecule has 0 radical (unpaired) electrons. The summed E-state index contributed by atoms with van der Waals surface area (Å²) >= 11 is 12.5. The minimum absolute atomic E-state index is 0. The molecule has 0 bridgehead atoms. The van der Waals surface area contributed by atoms with Crippen molar-refractivity contribution in [1.82, 2.24) is 19.8 Å². The summed E-state index contributed by atoms with van der Waals surface area (Å²) in [7, 11) is 0. The SMILES string of the molecule is CCCc1nc(C(=O)NCC(O)CN2CCN(c3cccc(Cl)c3Cl)CC2)c(C)n1-c1ccc(F)cc1.Cl.Cl.Cl.Cl. The quantitative estimate of drug-likeness (QED) is 0.280. The van der Waals surface area contributed by atoms with Crippen molar-refractivity contribution >= 4 is 84.4 Å². The number of hydrogen-bond donors (Lipinski definition) is 2. The number of benzene rings is 2. The maximum Gasteiger partial charge on any atom is 0.271 e. The first-order chi connectivity index (χ1) is 17.8. The van der Waals surface area contributed by atoms with E-state index < -0.39 is 6.10 Å². The largest absolute Gasteiger partial charge is 0.390 e. The molecule has 3 aromatic rings. The van der Waals surface area contributed by atoms with Gasteiger partial charge in [-0.2, -0.15) is 0 Å². The fraction of sp³-hybridized carbons (Fsp3) is 0.407. The van der Waals surface area contributed by atoms with E-state index >= 15 is 0 Å². The van der Waals surface area contributed by atoms with Gasteiger partial charge in [0.15, 0.2) is 0 Å². The predicted molar refractivity (Wildman–Crippen MR) is 175 cm³/mol. The van der Waals surface area contributed by atoms with Crippen molar-refractivity contribution in [3.05, 3.63) is 75.5 Å². The Kier molecular flexibility index (Phi) is 17.6. The van der Waals surface area contributed by atoms with Crippen LogP contribution in [0.3, 0.4) is 0 Å². The van der Waals surface area contributed by atoms with Gasteiger partial charge in [0.25, 0.3) is 5.91 Å². The second-order valence-electron chi connectivity index (χ2n) is 9.25. The number of piperazine rings is 1. The summed E-state index contributed by atoms with van der Waals surface area (Å²) in [4.78, 5) is 21.9. The molecule has 4 rings (SSSR count). The molecule has 1 unspecified atom stereocenters. The third-order valence-corrected chi connectivity index (χ3v) is 7.37. The number of hydrogen-bond acceptors (Lipinski definition) is 5. The number of aromatic nitrogens is 2. The van der Waals surface area contributed by atoms with Crippen molar-refractivity contribution in [2.24, 2.45) is 0 Å². The number of nitrogens with zero attached hydrogens (tertiary/aromatic N) is 4. The average Bonchev–Trinajstić information content (AvgIpc) is 3.21. The van der Waals surface area contributed by atoms with Gasteiger partial charge in [-0.1, -0.05) is 36.2 Å². The van der Waals surface area contributed by atoms with Crippen LogP contribution in [0.1, 0.15) is 35.4 Å². The Bertz CT molecular complexity index is 1240.